The maximum atomic E-state index is 4.71. The lowest BCUT2D eigenvalue weighted by Crippen LogP contribution is -2.33. The molecule has 0 spiro atoms. The monoisotopic (exact) mass is 225 g/mol. The van der Waals surface area contributed by atoms with E-state index in [4.69, 9.17) is 4.99 Å². The van der Waals surface area contributed by atoms with Crippen molar-refractivity contribution in [2.45, 2.75) is 52.5 Å². The Morgan fingerprint density at radius 2 is 1.94 bits per heavy atom. The summed E-state index contributed by atoms with van der Waals surface area (Å²) in [6, 6.07) is 0.397. The molecule has 94 valence electrons. The Hall–Kier alpha value is -0.730. The second-order valence-electron chi connectivity index (χ2n) is 4.99. The van der Waals surface area contributed by atoms with Crippen molar-refractivity contribution in [1.82, 2.24) is 9.80 Å². The van der Waals surface area contributed by atoms with E-state index < -0.39 is 0 Å². The number of aliphatic imine (C=N–C) groups is 1. The van der Waals surface area contributed by atoms with E-state index in [0.717, 1.165) is 13.1 Å². The van der Waals surface area contributed by atoms with Crippen LogP contribution in [0.4, 0.5) is 0 Å². The van der Waals surface area contributed by atoms with Crippen molar-refractivity contribution < 1.29 is 0 Å². The standard InChI is InChI=1S/C13H27N3/c1-5-6-7-8-9-16-11-10-15(4)13(16)14-12(2)3/h12H,5-11H2,1-4H3/b14-13+. The smallest absolute Gasteiger partial charge is 0.196 e. The first-order valence-electron chi connectivity index (χ1n) is 6.69. The van der Waals surface area contributed by atoms with Crippen LogP contribution in [-0.4, -0.2) is 48.5 Å². The highest BCUT2D eigenvalue weighted by atomic mass is 15.4. The van der Waals surface area contributed by atoms with E-state index >= 15 is 0 Å². The van der Waals surface area contributed by atoms with Crippen LogP contribution in [0.15, 0.2) is 4.99 Å². The molecule has 3 heteroatoms. The van der Waals surface area contributed by atoms with E-state index in [0.29, 0.717) is 6.04 Å². The molecule has 16 heavy (non-hydrogen) atoms. The third kappa shape index (κ3) is 4.03. The fraction of sp³-hybridized carbons (Fsp3) is 0.923. The average molecular weight is 225 g/mol. The molecule has 1 heterocycles. The summed E-state index contributed by atoms with van der Waals surface area (Å²) in [7, 11) is 2.15. The van der Waals surface area contributed by atoms with Crippen molar-refractivity contribution >= 4 is 5.96 Å². The second-order valence-corrected chi connectivity index (χ2v) is 4.99. The first-order chi connectivity index (χ1) is 7.65. The normalized spacial score (nSPS) is 19.2. The molecule has 0 radical (unpaired) electrons. The van der Waals surface area contributed by atoms with E-state index in [1.807, 2.05) is 0 Å². The topological polar surface area (TPSA) is 18.8 Å². The van der Waals surface area contributed by atoms with Gasteiger partial charge in [-0.3, -0.25) is 4.99 Å². The average Bonchev–Trinajstić information content (AvgIpc) is 2.56. The zero-order valence-electron chi connectivity index (χ0n) is 11.4. The highest BCUT2D eigenvalue weighted by Crippen LogP contribution is 2.10. The Bertz CT molecular complexity index is 223. The number of hydrogen-bond acceptors (Lipinski definition) is 1. The Labute approximate surface area is 101 Å². The molecule has 0 aromatic rings. The molecule has 1 saturated heterocycles. The SMILES string of the molecule is CCCCCCN1CCN(C)/C1=N\C(C)C. The van der Waals surface area contributed by atoms with E-state index in [1.54, 1.807) is 0 Å². The van der Waals surface area contributed by atoms with Gasteiger partial charge in [0.1, 0.15) is 0 Å². The van der Waals surface area contributed by atoms with Gasteiger partial charge in [-0.2, -0.15) is 0 Å². The summed E-state index contributed by atoms with van der Waals surface area (Å²) in [6.07, 6.45) is 5.33. The maximum absolute atomic E-state index is 4.71. The van der Waals surface area contributed by atoms with Gasteiger partial charge in [-0.1, -0.05) is 26.2 Å². The summed E-state index contributed by atoms with van der Waals surface area (Å²) >= 11 is 0. The lowest BCUT2D eigenvalue weighted by molar-refractivity contribution is 0.435. The zero-order chi connectivity index (χ0) is 12.0. The fourth-order valence-corrected chi connectivity index (χ4v) is 2.06. The molecule has 0 aromatic carbocycles. The highest BCUT2D eigenvalue weighted by Gasteiger charge is 2.22. The quantitative estimate of drug-likeness (QED) is 0.647. The third-order valence-electron chi connectivity index (χ3n) is 2.98. The van der Waals surface area contributed by atoms with Gasteiger partial charge in [-0.15, -0.1) is 0 Å². The minimum Gasteiger partial charge on any atom is -0.344 e. The largest absolute Gasteiger partial charge is 0.344 e. The Morgan fingerprint density at radius 3 is 2.56 bits per heavy atom. The minimum absolute atomic E-state index is 0.397. The molecule has 1 fully saturated rings. The third-order valence-corrected chi connectivity index (χ3v) is 2.98. The maximum Gasteiger partial charge on any atom is 0.196 e. The number of guanidine groups is 1. The minimum atomic E-state index is 0.397. The highest BCUT2D eigenvalue weighted by molar-refractivity contribution is 5.81. The summed E-state index contributed by atoms with van der Waals surface area (Å²) < 4.78 is 0. The van der Waals surface area contributed by atoms with Crippen LogP contribution in [0.5, 0.6) is 0 Å². The lowest BCUT2D eigenvalue weighted by atomic mass is 10.2. The van der Waals surface area contributed by atoms with Crippen LogP contribution in [0.3, 0.4) is 0 Å². The van der Waals surface area contributed by atoms with Crippen LogP contribution in [0.2, 0.25) is 0 Å². The molecule has 0 bridgehead atoms. The van der Waals surface area contributed by atoms with Crippen molar-refractivity contribution in [3.05, 3.63) is 0 Å². The molecular formula is C13H27N3. The summed E-state index contributed by atoms with van der Waals surface area (Å²) in [5, 5.41) is 0. The van der Waals surface area contributed by atoms with Crippen molar-refractivity contribution in [2.75, 3.05) is 26.7 Å². The van der Waals surface area contributed by atoms with E-state index in [1.165, 1.54) is 38.2 Å². The van der Waals surface area contributed by atoms with Gasteiger partial charge in [0.25, 0.3) is 0 Å². The van der Waals surface area contributed by atoms with Gasteiger partial charge in [0, 0.05) is 32.7 Å². The second kappa shape index (κ2) is 6.77. The first kappa shape index (κ1) is 13.3. The first-order valence-corrected chi connectivity index (χ1v) is 6.69. The van der Waals surface area contributed by atoms with Crippen molar-refractivity contribution in [3.63, 3.8) is 0 Å². The zero-order valence-corrected chi connectivity index (χ0v) is 11.4. The van der Waals surface area contributed by atoms with Gasteiger partial charge in [-0.05, 0) is 20.3 Å². The van der Waals surface area contributed by atoms with Crippen molar-refractivity contribution in [3.8, 4) is 0 Å². The fourth-order valence-electron chi connectivity index (χ4n) is 2.06. The number of unbranched alkanes of at least 4 members (excludes halogenated alkanes) is 3. The van der Waals surface area contributed by atoms with Crippen LogP contribution in [0.1, 0.15) is 46.5 Å². The van der Waals surface area contributed by atoms with Gasteiger partial charge in [0.05, 0.1) is 0 Å². The van der Waals surface area contributed by atoms with Crippen LogP contribution >= 0.6 is 0 Å². The molecule has 1 aliphatic rings. The summed E-state index contributed by atoms with van der Waals surface area (Å²) in [5.41, 5.74) is 0. The predicted molar refractivity (Wildman–Crippen MR) is 70.9 cm³/mol. The molecule has 0 unspecified atom stereocenters. The Morgan fingerprint density at radius 1 is 1.19 bits per heavy atom. The molecule has 3 nitrogen and oxygen atoms in total. The molecular weight excluding hydrogens is 198 g/mol. The van der Waals surface area contributed by atoms with Crippen LogP contribution in [0.25, 0.3) is 0 Å². The number of rotatable bonds is 6. The predicted octanol–water partition coefficient (Wildman–Crippen LogP) is 2.58. The number of nitrogens with zero attached hydrogens (tertiary/aromatic N) is 3. The Kier molecular flexibility index (Phi) is 5.64. The van der Waals surface area contributed by atoms with Gasteiger partial charge in [-0.25, -0.2) is 0 Å². The number of likely N-dealkylation sites (N-methyl/N-ethyl adjacent to an activating group) is 1. The number of hydrogen-bond donors (Lipinski definition) is 0. The molecule has 0 aromatic heterocycles. The lowest BCUT2D eigenvalue weighted by Gasteiger charge is -2.21. The molecule has 0 amide bonds. The van der Waals surface area contributed by atoms with Crippen molar-refractivity contribution in [1.29, 1.82) is 0 Å². The summed E-state index contributed by atoms with van der Waals surface area (Å²) in [6.45, 7) is 10.0. The Balaban J connectivity index is 2.40. The van der Waals surface area contributed by atoms with Gasteiger partial charge < -0.3 is 9.80 Å². The van der Waals surface area contributed by atoms with Gasteiger partial charge in [0.2, 0.25) is 0 Å². The van der Waals surface area contributed by atoms with E-state index in [2.05, 4.69) is 37.6 Å². The van der Waals surface area contributed by atoms with Crippen LogP contribution < -0.4 is 0 Å². The molecule has 0 N–H and O–H groups in total. The summed E-state index contributed by atoms with van der Waals surface area (Å²) in [4.78, 5) is 9.42. The molecule has 1 aliphatic heterocycles. The van der Waals surface area contributed by atoms with Crippen LogP contribution in [-0.2, 0) is 0 Å². The van der Waals surface area contributed by atoms with Crippen LogP contribution in [0, 0.1) is 0 Å². The molecule has 0 aliphatic carbocycles. The molecule has 0 atom stereocenters. The van der Waals surface area contributed by atoms with Gasteiger partial charge in [0.15, 0.2) is 5.96 Å². The van der Waals surface area contributed by atoms with E-state index in [9.17, 15) is 0 Å². The molecule has 0 saturated carbocycles. The summed E-state index contributed by atoms with van der Waals surface area (Å²) in [5.74, 6) is 1.20. The molecule has 1 rings (SSSR count). The van der Waals surface area contributed by atoms with Crippen molar-refractivity contribution in [2.24, 2.45) is 4.99 Å². The van der Waals surface area contributed by atoms with Gasteiger partial charge >= 0.3 is 0 Å². The van der Waals surface area contributed by atoms with E-state index in [-0.39, 0.29) is 0 Å².